The Morgan fingerprint density at radius 2 is 1.89 bits per heavy atom. The summed E-state index contributed by atoms with van der Waals surface area (Å²) in [5.74, 6) is 0. The van der Waals surface area contributed by atoms with E-state index in [2.05, 4.69) is 15.1 Å². The summed E-state index contributed by atoms with van der Waals surface area (Å²) >= 11 is 0. The number of ether oxygens (including phenoxy) is 1. The maximum absolute atomic E-state index is 5.14. The van der Waals surface area contributed by atoms with Crippen LogP contribution in [0.5, 0.6) is 0 Å². The highest BCUT2D eigenvalue weighted by Gasteiger charge is 2.12. The van der Waals surface area contributed by atoms with Crippen LogP contribution in [0.25, 0.3) is 22.2 Å². The van der Waals surface area contributed by atoms with E-state index in [4.69, 9.17) is 4.74 Å². The fourth-order valence-electron chi connectivity index (χ4n) is 2.14. The molecule has 0 bridgehead atoms. The summed E-state index contributed by atoms with van der Waals surface area (Å²) in [4.78, 5) is 8.18. The minimum Gasteiger partial charge on any atom is -0.383 e. The van der Waals surface area contributed by atoms with E-state index in [-0.39, 0.29) is 0 Å². The van der Waals surface area contributed by atoms with Crippen LogP contribution < -0.4 is 0 Å². The first-order chi connectivity index (χ1) is 9.40. The molecule has 5 heteroatoms. The quantitative estimate of drug-likeness (QED) is 0.715. The van der Waals surface area contributed by atoms with Crippen LogP contribution in [0.1, 0.15) is 0 Å². The van der Waals surface area contributed by atoms with Crippen molar-refractivity contribution in [2.24, 2.45) is 0 Å². The highest BCUT2D eigenvalue weighted by Crippen LogP contribution is 2.27. The lowest BCUT2D eigenvalue weighted by atomic mass is 10.1. The minimum absolute atomic E-state index is 0.625. The Balaban J connectivity index is 2.19. The molecule has 0 unspecified atom stereocenters. The molecular formula is C14H14N4O. The third-order valence-electron chi connectivity index (χ3n) is 3.00. The van der Waals surface area contributed by atoms with Crippen molar-refractivity contribution in [3.8, 4) is 11.3 Å². The van der Waals surface area contributed by atoms with E-state index in [0.29, 0.717) is 13.2 Å². The predicted molar refractivity (Wildman–Crippen MR) is 72.6 cm³/mol. The van der Waals surface area contributed by atoms with Crippen LogP contribution in [-0.2, 0) is 11.3 Å². The first kappa shape index (κ1) is 11.8. The average Bonchev–Trinajstić information content (AvgIpc) is 2.84. The number of fused-ring (bicyclic) bond motifs is 1. The summed E-state index contributed by atoms with van der Waals surface area (Å²) in [6.07, 6.45) is 7.14. The maximum Gasteiger partial charge on any atom is 0.111 e. The number of hydrogen-bond acceptors (Lipinski definition) is 4. The Kier molecular flexibility index (Phi) is 3.20. The summed E-state index contributed by atoms with van der Waals surface area (Å²) in [5, 5.41) is 5.68. The van der Waals surface area contributed by atoms with Crippen molar-refractivity contribution < 1.29 is 4.74 Å². The second-order valence-electron chi connectivity index (χ2n) is 4.19. The lowest BCUT2D eigenvalue weighted by Gasteiger charge is -2.07. The Labute approximate surface area is 110 Å². The van der Waals surface area contributed by atoms with Crippen molar-refractivity contribution in [1.29, 1.82) is 0 Å². The van der Waals surface area contributed by atoms with Crippen molar-refractivity contribution in [2.45, 2.75) is 6.54 Å². The smallest absolute Gasteiger partial charge is 0.111 e. The number of hydrogen-bond donors (Lipinski definition) is 0. The molecule has 3 aromatic heterocycles. The van der Waals surface area contributed by atoms with Crippen LogP contribution in [0.2, 0.25) is 0 Å². The molecule has 0 saturated carbocycles. The first-order valence-electron chi connectivity index (χ1n) is 6.10. The number of nitrogens with zero attached hydrogens (tertiary/aromatic N) is 4. The third-order valence-corrected chi connectivity index (χ3v) is 3.00. The topological polar surface area (TPSA) is 52.8 Å². The van der Waals surface area contributed by atoms with Gasteiger partial charge in [-0.05, 0) is 18.2 Å². The van der Waals surface area contributed by atoms with E-state index in [0.717, 1.165) is 22.2 Å². The standard InChI is InChI=1S/C14H14N4O/c1-19-9-8-18-14(11-2-5-15-6-3-11)12-4-7-16-10-13(12)17-18/h2-7,10H,8-9H2,1H3. The monoisotopic (exact) mass is 254 g/mol. The zero-order valence-electron chi connectivity index (χ0n) is 10.7. The Hall–Kier alpha value is -2.27. The van der Waals surface area contributed by atoms with Gasteiger partial charge in [0.15, 0.2) is 0 Å². The highest BCUT2D eigenvalue weighted by atomic mass is 16.5. The Morgan fingerprint density at radius 1 is 1.11 bits per heavy atom. The van der Waals surface area contributed by atoms with Gasteiger partial charge in [-0.3, -0.25) is 14.6 Å². The van der Waals surface area contributed by atoms with Gasteiger partial charge in [-0.2, -0.15) is 5.10 Å². The summed E-state index contributed by atoms with van der Waals surface area (Å²) < 4.78 is 7.11. The Morgan fingerprint density at radius 3 is 2.68 bits per heavy atom. The number of rotatable bonds is 4. The maximum atomic E-state index is 5.14. The van der Waals surface area contributed by atoms with E-state index >= 15 is 0 Å². The van der Waals surface area contributed by atoms with Crippen molar-refractivity contribution >= 4 is 10.9 Å². The van der Waals surface area contributed by atoms with Gasteiger partial charge in [0.1, 0.15) is 5.52 Å². The van der Waals surface area contributed by atoms with Crippen molar-refractivity contribution in [2.75, 3.05) is 13.7 Å². The highest BCUT2D eigenvalue weighted by molar-refractivity contribution is 5.92. The molecule has 0 amide bonds. The summed E-state index contributed by atoms with van der Waals surface area (Å²) in [6.45, 7) is 1.34. The fourth-order valence-corrected chi connectivity index (χ4v) is 2.14. The Bertz CT molecular complexity index is 678. The molecule has 0 aliphatic heterocycles. The molecule has 0 saturated heterocycles. The van der Waals surface area contributed by atoms with Gasteiger partial charge in [-0.25, -0.2) is 0 Å². The molecule has 3 aromatic rings. The number of methoxy groups -OCH3 is 1. The van der Waals surface area contributed by atoms with E-state index in [1.54, 1.807) is 31.9 Å². The van der Waals surface area contributed by atoms with Crippen molar-refractivity contribution in [1.82, 2.24) is 19.7 Å². The summed E-state index contributed by atoms with van der Waals surface area (Å²) in [7, 11) is 1.69. The molecule has 0 aromatic carbocycles. The molecule has 3 rings (SSSR count). The molecule has 0 N–H and O–H groups in total. The number of pyridine rings is 2. The van der Waals surface area contributed by atoms with E-state index in [1.807, 2.05) is 22.9 Å². The van der Waals surface area contributed by atoms with Gasteiger partial charge in [0.05, 0.1) is 25.0 Å². The molecule has 0 aliphatic carbocycles. The van der Waals surface area contributed by atoms with Crippen LogP contribution in [0.3, 0.4) is 0 Å². The predicted octanol–water partition coefficient (Wildman–Crippen LogP) is 2.14. The van der Waals surface area contributed by atoms with Crippen LogP contribution >= 0.6 is 0 Å². The molecule has 19 heavy (non-hydrogen) atoms. The average molecular weight is 254 g/mol. The van der Waals surface area contributed by atoms with E-state index in [1.165, 1.54) is 0 Å². The second kappa shape index (κ2) is 5.16. The van der Waals surface area contributed by atoms with Gasteiger partial charge in [0.2, 0.25) is 0 Å². The normalized spacial score (nSPS) is 11.0. The van der Waals surface area contributed by atoms with Gasteiger partial charge in [0.25, 0.3) is 0 Å². The lowest BCUT2D eigenvalue weighted by Crippen LogP contribution is -2.07. The largest absolute Gasteiger partial charge is 0.383 e. The third kappa shape index (κ3) is 2.20. The first-order valence-corrected chi connectivity index (χ1v) is 6.10. The zero-order chi connectivity index (χ0) is 13.1. The minimum atomic E-state index is 0.625. The number of aromatic nitrogens is 4. The van der Waals surface area contributed by atoms with Crippen molar-refractivity contribution in [3.05, 3.63) is 43.0 Å². The van der Waals surface area contributed by atoms with Gasteiger partial charge in [-0.15, -0.1) is 0 Å². The molecule has 0 aliphatic rings. The summed E-state index contributed by atoms with van der Waals surface area (Å²) in [6, 6.07) is 5.96. The molecular weight excluding hydrogens is 240 g/mol. The van der Waals surface area contributed by atoms with Gasteiger partial charge < -0.3 is 4.74 Å². The van der Waals surface area contributed by atoms with Gasteiger partial charge >= 0.3 is 0 Å². The fraction of sp³-hybridized carbons (Fsp3) is 0.214. The van der Waals surface area contributed by atoms with E-state index < -0.39 is 0 Å². The molecule has 3 heterocycles. The van der Waals surface area contributed by atoms with Crippen LogP contribution in [0.15, 0.2) is 43.0 Å². The molecule has 0 atom stereocenters. The van der Waals surface area contributed by atoms with Gasteiger partial charge in [0, 0.05) is 36.7 Å². The molecule has 0 spiro atoms. The lowest BCUT2D eigenvalue weighted by molar-refractivity contribution is 0.184. The molecule has 5 nitrogen and oxygen atoms in total. The second-order valence-corrected chi connectivity index (χ2v) is 4.19. The van der Waals surface area contributed by atoms with Crippen LogP contribution in [0, 0.1) is 0 Å². The molecule has 96 valence electrons. The van der Waals surface area contributed by atoms with Crippen molar-refractivity contribution in [3.63, 3.8) is 0 Å². The van der Waals surface area contributed by atoms with Gasteiger partial charge in [-0.1, -0.05) is 0 Å². The molecule has 0 radical (unpaired) electrons. The molecule has 0 fully saturated rings. The zero-order valence-corrected chi connectivity index (χ0v) is 10.7. The summed E-state index contributed by atoms with van der Waals surface area (Å²) in [5.41, 5.74) is 3.07. The SMILES string of the molecule is COCCn1nc2cnccc2c1-c1ccncc1. The van der Waals surface area contributed by atoms with Crippen LogP contribution in [0.4, 0.5) is 0 Å². The van der Waals surface area contributed by atoms with Crippen LogP contribution in [-0.4, -0.2) is 33.5 Å². The van der Waals surface area contributed by atoms with E-state index in [9.17, 15) is 0 Å².